The third kappa shape index (κ3) is 4.42. The van der Waals surface area contributed by atoms with E-state index < -0.39 is 0 Å². The standard InChI is InChI=1S/C19H17N5O/c20-14-10-13(11-15(21)12-14)19(25)22-16-6-8-18(9-7-16)24-23-17-4-2-1-3-5-17/h1-12H,20-21H2,(H,22,25). The fourth-order valence-corrected chi connectivity index (χ4v) is 2.23. The van der Waals surface area contributed by atoms with Crippen LogP contribution in [0.2, 0.25) is 0 Å². The second kappa shape index (κ2) is 7.27. The van der Waals surface area contributed by atoms with Crippen LogP contribution in [0.15, 0.2) is 83.0 Å². The van der Waals surface area contributed by atoms with Gasteiger partial charge in [-0.15, -0.1) is 0 Å². The van der Waals surface area contributed by atoms with Crippen LogP contribution in [0, 0.1) is 0 Å². The van der Waals surface area contributed by atoms with Gasteiger partial charge < -0.3 is 16.8 Å². The van der Waals surface area contributed by atoms with Crippen molar-refractivity contribution in [3.63, 3.8) is 0 Å². The molecule has 25 heavy (non-hydrogen) atoms. The number of carbonyl (C=O) groups excluding carboxylic acids is 1. The van der Waals surface area contributed by atoms with Crippen LogP contribution in [0.1, 0.15) is 10.4 Å². The molecule has 0 unspecified atom stereocenters. The lowest BCUT2D eigenvalue weighted by Crippen LogP contribution is -2.12. The van der Waals surface area contributed by atoms with Crippen molar-refractivity contribution in [2.75, 3.05) is 16.8 Å². The number of amides is 1. The molecule has 0 bridgehead atoms. The minimum absolute atomic E-state index is 0.280. The molecule has 0 atom stereocenters. The van der Waals surface area contributed by atoms with E-state index in [9.17, 15) is 4.79 Å². The molecule has 0 radical (unpaired) electrons. The molecule has 6 nitrogen and oxygen atoms in total. The Bertz CT molecular complexity index is 885. The largest absolute Gasteiger partial charge is 0.399 e. The summed E-state index contributed by atoms with van der Waals surface area (Å²) in [5, 5.41) is 11.1. The van der Waals surface area contributed by atoms with Crippen LogP contribution in [0.5, 0.6) is 0 Å². The fraction of sp³-hybridized carbons (Fsp3) is 0. The lowest BCUT2D eigenvalue weighted by molar-refractivity contribution is 0.102. The molecule has 3 aromatic rings. The first-order chi connectivity index (χ1) is 12.1. The van der Waals surface area contributed by atoms with E-state index in [0.717, 1.165) is 5.69 Å². The van der Waals surface area contributed by atoms with Crippen LogP contribution in [-0.2, 0) is 0 Å². The maximum Gasteiger partial charge on any atom is 0.255 e. The number of benzene rings is 3. The second-order valence-electron chi connectivity index (χ2n) is 5.42. The number of carbonyl (C=O) groups is 1. The van der Waals surface area contributed by atoms with Crippen molar-refractivity contribution in [3.05, 3.63) is 78.4 Å². The zero-order valence-corrected chi connectivity index (χ0v) is 13.4. The summed E-state index contributed by atoms with van der Waals surface area (Å²) in [4.78, 5) is 12.2. The van der Waals surface area contributed by atoms with E-state index in [-0.39, 0.29) is 5.91 Å². The van der Waals surface area contributed by atoms with Gasteiger partial charge >= 0.3 is 0 Å². The van der Waals surface area contributed by atoms with E-state index >= 15 is 0 Å². The Morgan fingerprint density at radius 3 is 1.92 bits per heavy atom. The smallest absolute Gasteiger partial charge is 0.255 e. The Labute approximate surface area is 145 Å². The molecule has 0 aliphatic heterocycles. The van der Waals surface area contributed by atoms with Crippen molar-refractivity contribution in [1.29, 1.82) is 0 Å². The molecule has 1 amide bonds. The van der Waals surface area contributed by atoms with Gasteiger partial charge in [0.1, 0.15) is 0 Å². The maximum atomic E-state index is 12.2. The minimum Gasteiger partial charge on any atom is -0.399 e. The number of hydrogen-bond donors (Lipinski definition) is 3. The van der Waals surface area contributed by atoms with Gasteiger partial charge in [-0.2, -0.15) is 10.2 Å². The van der Waals surface area contributed by atoms with Crippen LogP contribution in [-0.4, -0.2) is 5.91 Å². The summed E-state index contributed by atoms with van der Waals surface area (Å²) in [6.45, 7) is 0. The highest BCUT2D eigenvalue weighted by Crippen LogP contribution is 2.21. The molecule has 0 saturated heterocycles. The normalized spacial score (nSPS) is 10.7. The maximum absolute atomic E-state index is 12.2. The summed E-state index contributed by atoms with van der Waals surface area (Å²) in [6, 6.07) is 21.3. The van der Waals surface area contributed by atoms with Gasteiger partial charge in [0, 0.05) is 22.6 Å². The predicted molar refractivity (Wildman–Crippen MR) is 100 cm³/mol. The van der Waals surface area contributed by atoms with Crippen molar-refractivity contribution >= 4 is 34.3 Å². The van der Waals surface area contributed by atoms with Gasteiger partial charge in [0.25, 0.3) is 5.91 Å². The number of rotatable bonds is 4. The summed E-state index contributed by atoms with van der Waals surface area (Å²) in [6.07, 6.45) is 0. The van der Waals surface area contributed by atoms with Gasteiger partial charge in [-0.05, 0) is 54.6 Å². The Morgan fingerprint density at radius 1 is 0.760 bits per heavy atom. The molecule has 0 aliphatic rings. The van der Waals surface area contributed by atoms with E-state index in [1.54, 1.807) is 42.5 Å². The van der Waals surface area contributed by atoms with E-state index in [4.69, 9.17) is 11.5 Å². The second-order valence-corrected chi connectivity index (χ2v) is 5.42. The molecule has 3 aromatic carbocycles. The fourth-order valence-electron chi connectivity index (χ4n) is 2.23. The van der Waals surface area contributed by atoms with Crippen molar-refractivity contribution in [1.82, 2.24) is 0 Å². The number of azo groups is 1. The molecular formula is C19H17N5O. The first-order valence-electron chi connectivity index (χ1n) is 7.64. The Hall–Kier alpha value is -3.67. The van der Waals surface area contributed by atoms with Crippen LogP contribution >= 0.6 is 0 Å². The minimum atomic E-state index is -0.280. The van der Waals surface area contributed by atoms with Crippen LogP contribution < -0.4 is 16.8 Å². The summed E-state index contributed by atoms with van der Waals surface area (Å²) in [5.41, 5.74) is 14.8. The molecule has 0 saturated carbocycles. The van der Waals surface area contributed by atoms with Gasteiger partial charge in [-0.1, -0.05) is 18.2 Å². The van der Waals surface area contributed by atoms with E-state index in [0.29, 0.717) is 28.3 Å². The zero-order valence-electron chi connectivity index (χ0n) is 13.4. The molecule has 0 aliphatic carbocycles. The average Bonchev–Trinajstić information content (AvgIpc) is 2.61. The SMILES string of the molecule is Nc1cc(N)cc(C(=O)Nc2ccc(N=Nc3ccccc3)cc2)c1. The highest BCUT2D eigenvalue weighted by atomic mass is 16.1. The summed E-state index contributed by atoms with van der Waals surface area (Å²) in [7, 11) is 0. The highest BCUT2D eigenvalue weighted by molar-refractivity contribution is 6.05. The van der Waals surface area contributed by atoms with Gasteiger partial charge in [0.15, 0.2) is 0 Å². The molecular weight excluding hydrogens is 314 g/mol. The number of hydrogen-bond acceptors (Lipinski definition) is 5. The Morgan fingerprint density at radius 2 is 1.32 bits per heavy atom. The van der Waals surface area contributed by atoms with Gasteiger partial charge in [-0.25, -0.2) is 0 Å². The number of nitrogens with zero attached hydrogens (tertiary/aromatic N) is 2. The van der Waals surface area contributed by atoms with Crippen molar-refractivity contribution in [2.24, 2.45) is 10.2 Å². The topological polar surface area (TPSA) is 106 Å². The molecule has 6 heteroatoms. The Kier molecular flexibility index (Phi) is 4.71. The van der Waals surface area contributed by atoms with Gasteiger partial charge in [-0.3, -0.25) is 4.79 Å². The number of nitrogens with two attached hydrogens (primary N) is 2. The van der Waals surface area contributed by atoms with Crippen LogP contribution in [0.3, 0.4) is 0 Å². The number of nitrogen functional groups attached to an aromatic ring is 2. The summed E-state index contributed by atoms with van der Waals surface area (Å²) < 4.78 is 0. The third-order valence-corrected chi connectivity index (χ3v) is 3.40. The van der Waals surface area contributed by atoms with E-state index in [2.05, 4.69) is 15.5 Å². The molecule has 0 spiro atoms. The Balaban J connectivity index is 1.68. The first kappa shape index (κ1) is 16.2. The molecule has 5 N–H and O–H groups in total. The predicted octanol–water partition coefficient (Wildman–Crippen LogP) is 4.52. The number of nitrogens with one attached hydrogen (secondary N) is 1. The number of anilines is 3. The highest BCUT2D eigenvalue weighted by Gasteiger charge is 2.07. The van der Waals surface area contributed by atoms with Gasteiger partial charge in [0.05, 0.1) is 11.4 Å². The van der Waals surface area contributed by atoms with E-state index in [1.165, 1.54) is 0 Å². The van der Waals surface area contributed by atoms with Crippen LogP contribution in [0.25, 0.3) is 0 Å². The summed E-state index contributed by atoms with van der Waals surface area (Å²) in [5.74, 6) is -0.280. The van der Waals surface area contributed by atoms with Crippen LogP contribution in [0.4, 0.5) is 28.4 Å². The average molecular weight is 331 g/mol. The molecule has 0 fully saturated rings. The molecule has 0 aromatic heterocycles. The lowest BCUT2D eigenvalue weighted by atomic mass is 10.1. The van der Waals surface area contributed by atoms with Crippen molar-refractivity contribution in [3.8, 4) is 0 Å². The van der Waals surface area contributed by atoms with Gasteiger partial charge in [0.2, 0.25) is 0 Å². The quantitative estimate of drug-likeness (QED) is 0.483. The lowest BCUT2D eigenvalue weighted by Gasteiger charge is -2.07. The molecule has 3 rings (SSSR count). The summed E-state index contributed by atoms with van der Waals surface area (Å²) >= 11 is 0. The molecule has 0 heterocycles. The monoisotopic (exact) mass is 331 g/mol. The third-order valence-electron chi connectivity index (χ3n) is 3.40. The van der Waals surface area contributed by atoms with E-state index in [1.807, 2.05) is 30.3 Å². The molecule has 124 valence electrons. The van der Waals surface area contributed by atoms with Crippen molar-refractivity contribution in [2.45, 2.75) is 0 Å². The van der Waals surface area contributed by atoms with Crippen molar-refractivity contribution < 1.29 is 4.79 Å². The zero-order chi connectivity index (χ0) is 17.6. The first-order valence-corrected chi connectivity index (χ1v) is 7.64.